The Hall–Kier alpha value is -4.04. The predicted octanol–water partition coefficient (Wildman–Crippen LogP) is 6.34. The first kappa shape index (κ1) is 18.7. The number of rotatable bonds is 2. The summed E-state index contributed by atoms with van der Waals surface area (Å²) >= 11 is 0. The molecule has 0 radical (unpaired) electrons. The molecule has 0 aromatic heterocycles. The van der Waals surface area contributed by atoms with E-state index in [1.165, 1.54) is 0 Å². The van der Waals surface area contributed by atoms with Crippen molar-refractivity contribution in [2.75, 3.05) is 0 Å². The molecule has 4 aromatic rings. The largest absolute Gasteiger partial charge is 0.289 e. The quantitative estimate of drug-likeness (QED) is 0.360. The van der Waals surface area contributed by atoms with E-state index in [2.05, 4.69) is 0 Å². The zero-order valence-electron chi connectivity index (χ0n) is 17.4. The zero-order chi connectivity index (χ0) is 21.7. The Kier molecular flexibility index (Phi) is 4.26. The maximum absolute atomic E-state index is 13.8. The average molecular weight is 412 g/mol. The zero-order valence-corrected chi connectivity index (χ0v) is 17.4. The van der Waals surface area contributed by atoms with Gasteiger partial charge in [0.25, 0.3) is 0 Å². The van der Waals surface area contributed by atoms with Crippen LogP contribution >= 0.6 is 0 Å². The maximum Gasteiger partial charge on any atom is 0.190 e. The average Bonchev–Trinajstić information content (AvgIpc) is 3.31. The number of hydrogen-bond acceptors (Lipinski definition) is 2. The Balaban J connectivity index is 1.68. The second kappa shape index (κ2) is 7.28. The molecular weight excluding hydrogens is 392 g/mol. The van der Waals surface area contributed by atoms with E-state index in [0.717, 1.165) is 22.3 Å². The van der Waals surface area contributed by atoms with Gasteiger partial charge in [-0.1, -0.05) is 109 Å². The molecule has 152 valence electrons. The van der Waals surface area contributed by atoms with Crippen molar-refractivity contribution in [3.05, 3.63) is 154 Å². The third kappa shape index (κ3) is 2.66. The van der Waals surface area contributed by atoms with E-state index in [-0.39, 0.29) is 23.4 Å². The van der Waals surface area contributed by atoms with Crippen molar-refractivity contribution in [1.82, 2.24) is 0 Å². The molecule has 0 spiro atoms. The third-order valence-corrected chi connectivity index (χ3v) is 6.66. The number of fused-ring (bicyclic) bond motifs is 2. The van der Waals surface area contributed by atoms with Crippen molar-refractivity contribution in [2.24, 2.45) is 0 Å². The fourth-order valence-corrected chi connectivity index (χ4v) is 5.31. The van der Waals surface area contributed by atoms with E-state index in [1.807, 2.05) is 109 Å². The van der Waals surface area contributed by atoms with E-state index in [1.54, 1.807) is 0 Å². The first-order chi connectivity index (χ1) is 15.8. The van der Waals surface area contributed by atoms with Gasteiger partial charge >= 0.3 is 0 Å². The summed E-state index contributed by atoms with van der Waals surface area (Å²) in [6.45, 7) is 0. The molecule has 0 aliphatic heterocycles. The van der Waals surface area contributed by atoms with Gasteiger partial charge in [-0.2, -0.15) is 0 Å². The number of carbonyl (C=O) groups is 2. The van der Waals surface area contributed by atoms with E-state index in [9.17, 15) is 9.59 Å². The molecular formula is C30H20O2. The molecule has 0 amide bonds. The Morgan fingerprint density at radius 3 is 1.16 bits per heavy atom. The first-order valence-electron chi connectivity index (χ1n) is 10.9. The van der Waals surface area contributed by atoms with Crippen molar-refractivity contribution in [3.63, 3.8) is 0 Å². The molecule has 4 aromatic carbocycles. The van der Waals surface area contributed by atoms with Crippen LogP contribution in [0.5, 0.6) is 0 Å². The molecule has 2 aliphatic carbocycles. The van der Waals surface area contributed by atoms with Crippen molar-refractivity contribution in [2.45, 2.75) is 11.8 Å². The molecule has 0 saturated heterocycles. The van der Waals surface area contributed by atoms with Gasteiger partial charge in [-0.05, 0) is 22.3 Å². The summed E-state index contributed by atoms with van der Waals surface area (Å²) in [6, 6.07) is 35.6. The van der Waals surface area contributed by atoms with Crippen LogP contribution in [0.1, 0.15) is 54.8 Å². The van der Waals surface area contributed by atoms with Crippen LogP contribution in [0.3, 0.4) is 0 Å². The van der Waals surface area contributed by atoms with Gasteiger partial charge in [0.2, 0.25) is 0 Å². The van der Waals surface area contributed by atoms with Crippen LogP contribution in [0.25, 0.3) is 0 Å². The Labute approximate surface area is 186 Å². The monoisotopic (exact) mass is 412 g/mol. The highest BCUT2D eigenvalue weighted by atomic mass is 16.1. The second-order valence-corrected chi connectivity index (χ2v) is 8.35. The molecule has 2 heteroatoms. The molecule has 0 fully saturated rings. The summed E-state index contributed by atoms with van der Waals surface area (Å²) in [5, 5.41) is 0. The number of allylic oxidation sites excluding steroid dienone is 2. The van der Waals surface area contributed by atoms with E-state index in [0.29, 0.717) is 22.3 Å². The smallest absolute Gasteiger partial charge is 0.190 e. The first-order valence-corrected chi connectivity index (χ1v) is 10.9. The van der Waals surface area contributed by atoms with E-state index >= 15 is 0 Å². The fraction of sp³-hybridized carbons (Fsp3) is 0.0667. The summed E-state index contributed by atoms with van der Waals surface area (Å²) < 4.78 is 0. The normalized spacial score (nSPS) is 21.5. The molecule has 0 N–H and O–H groups in total. The lowest BCUT2D eigenvalue weighted by atomic mass is 9.81. The second-order valence-electron chi connectivity index (χ2n) is 8.35. The van der Waals surface area contributed by atoms with Crippen molar-refractivity contribution >= 4 is 11.6 Å². The minimum Gasteiger partial charge on any atom is -0.289 e. The highest BCUT2D eigenvalue weighted by Crippen LogP contribution is 2.50. The fourth-order valence-electron chi connectivity index (χ4n) is 5.31. The lowest BCUT2D eigenvalue weighted by Crippen LogP contribution is -2.13. The Bertz CT molecular complexity index is 1290. The molecule has 32 heavy (non-hydrogen) atoms. The third-order valence-electron chi connectivity index (χ3n) is 6.66. The van der Waals surface area contributed by atoms with Crippen LogP contribution in [0.15, 0.2) is 120 Å². The number of carbonyl (C=O) groups excluding carboxylic acids is 2. The predicted molar refractivity (Wildman–Crippen MR) is 125 cm³/mol. The summed E-state index contributed by atoms with van der Waals surface area (Å²) in [4.78, 5) is 27.7. The Morgan fingerprint density at radius 1 is 0.406 bits per heavy atom. The number of benzene rings is 4. The van der Waals surface area contributed by atoms with Crippen LogP contribution < -0.4 is 0 Å². The van der Waals surface area contributed by atoms with Crippen LogP contribution in [0.2, 0.25) is 0 Å². The number of Topliss-reactive ketones (excluding diaryl/α,β-unsaturated/α-hetero) is 2. The van der Waals surface area contributed by atoms with Gasteiger partial charge in [-0.25, -0.2) is 0 Å². The summed E-state index contributed by atoms with van der Waals surface area (Å²) in [5.74, 6) is -0.572. The van der Waals surface area contributed by atoms with Crippen LogP contribution in [-0.2, 0) is 0 Å². The van der Waals surface area contributed by atoms with Gasteiger partial charge in [0.1, 0.15) is 0 Å². The van der Waals surface area contributed by atoms with Gasteiger partial charge in [0.05, 0.1) is 0 Å². The lowest BCUT2D eigenvalue weighted by molar-refractivity contribution is 0.100. The van der Waals surface area contributed by atoms with Crippen LogP contribution in [-0.4, -0.2) is 11.6 Å². The highest BCUT2D eigenvalue weighted by Gasteiger charge is 2.45. The SMILES string of the molecule is O=C1/C(=C2/C(=O)c3ccccc3[C@H]2c2ccccc2)[C@H](c2ccccc2)c2ccccc21. The summed E-state index contributed by atoms with van der Waals surface area (Å²) in [6.07, 6.45) is 0. The molecule has 2 nitrogen and oxygen atoms in total. The maximum atomic E-state index is 13.8. The van der Waals surface area contributed by atoms with Crippen LogP contribution in [0, 0.1) is 0 Å². The number of ketones is 2. The molecule has 0 bridgehead atoms. The van der Waals surface area contributed by atoms with Gasteiger partial charge in [0.15, 0.2) is 11.6 Å². The van der Waals surface area contributed by atoms with Gasteiger partial charge < -0.3 is 0 Å². The molecule has 0 heterocycles. The molecule has 2 atom stereocenters. The molecule has 2 aliphatic rings. The minimum absolute atomic E-state index is 0.0356. The molecule has 6 rings (SSSR count). The molecule has 0 saturated carbocycles. The van der Waals surface area contributed by atoms with E-state index < -0.39 is 0 Å². The van der Waals surface area contributed by atoms with Crippen molar-refractivity contribution in [1.29, 1.82) is 0 Å². The van der Waals surface area contributed by atoms with Crippen LogP contribution in [0.4, 0.5) is 0 Å². The Morgan fingerprint density at radius 2 is 0.750 bits per heavy atom. The standard InChI is InChI=1S/C30H20O2/c31-29-23-17-9-7-15-21(23)25(19-11-3-1-4-12-19)27(29)28-26(20-13-5-2-6-14-20)22-16-8-10-18-24(22)30(28)32/h1-18,25-26H/b28-27+/t25-,26-/m1/s1. The lowest BCUT2D eigenvalue weighted by Gasteiger charge is -2.20. The minimum atomic E-state index is -0.251. The van der Waals surface area contributed by atoms with E-state index in [4.69, 9.17) is 0 Å². The summed E-state index contributed by atoms with van der Waals surface area (Å²) in [7, 11) is 0. The molecule has 0 unspecified atom stereocenters. The van der Waals surface area contributed by atoms with Gasteiger partial charge in [-0.3, -0.25) is 9.59 Å². The number of hydrogen-bond donors (Lipinski definition) is 0. The summed E-state index contributed by atoms with van der Waals surface area (Å²) in [5.41, 5.74) is 6.63. The van der Waals surface area contributed by atoms with Crippen molar-refractivity contribution < 1.29 is 9.59 Å². The van der Waals surface area contributed by atoms with Gasteiger partial charge in [-0.15, -0.1) is 0 Å². The van der Waals surface area contributed by atoms with Gasteiger partial charge in [0, 0.05) is 34.1 Å². The topological polar surface area (TPSA) is 34.1 Å². The van der Waals surface area contributed by atoms with Crippen molar-refractivity contribution in [3.8, 4) is 0 Å². The highest BCUT2D eigenvalue weighted by molar-refractivity contribution is 6.24.